The zero-order chi connectivity index (χ0) is 13.8. The number of para-hydroxylation sites is 2. The van der Waals surface area contributed by atoms with Crippen molar-refractivity contribution in [3.8, 4) is 24.2 Å². The predicted molar refractivity (Wildman–Crippen MR) is 85.4 cm³/mol. The van der Waals surface area contributed by atoms with E-state index >= 15 is 0 Å². The van der Waals surface area contributed by atoms with E-state index in [9.17, 15) is 0 Å². The molecule has 0 atom stereocenters. The van der Waals surface area contributed by atoms with Crippen molar-refractivity contribution in [1.29, 1.82) is 0 Å². The van der Waals surface area contributed by atoms with Gasteiger partial charge in [-0.25, -0.2) is 0 Å². The summed E-state index contributed by atoms with van der Waals surface area (Å²) in [6, 6.07) is 16.6. The maximum absolute atomic E-state index is 5.21. The number of rotatable bonds is 1. The van der Waals surface area contributed by atoms with E-state index in [1.54, 1.807) is 0 Å². The third kappa shape index (κ3) is 2.18. The molecule has 0 aliphatic carbocycles. The van der Waals surface area contributed by atoms with Crippen LogP contribution in [0.5, 0.6) is 0 Å². The SMILES string of the molecule is C#CC#CCN1c2ccccc2C=Cc2ccccc21. The maximum atomic E-state index is 5.21. The summed E-state index contributed by atoms with van der Waals surface area (Å²) in [4.78, 5) is 2.20. The number of anilines is 2. The van der Waals surface area contributed by atoms with Gasteiger partial charge in [0.25, 0.3) is 0 Å². The lowest BCUT2D eigenvalue weighted by Gasteiger charge is -2.24. The van der Waals surface area contributed by atoms with Crippen LogP contribution in [0.4, 0.5) is 11.4 Å². The molecule has 1 nitrogen and oxygen atoms in total. The van der Waals surface area contributed by atoms with Crippen LogP contribution in [-0.4, -0.2) is 6.54 Å². The van der Waals surface area contributed by atoms with Crippen LogP contribution in [0.25, 0.3) is 12.2 Å². The molecular formula is C19H13N. The van der Waals surface area contributed by atoms with E-state index < -0.39 is 0 Å². The number of nitrogens with zero attached hydrogens (tertiary/aromatic N) is 1. The van der Waals surface area contributed by atoms with Crippen molar-refractivity contribution >= 4 is 23.5 Å². The number of hydrogen-bond acceptors (Lipinski definition) is 1. The first kappa shape index (κ1) is 12.2. The fourth-order valence-corrected chi connectivity index (χ4v) is 2.40. The maximum Gasteiger partial charge on any atom is 0.0853 e. The molecular weight excluding hydrogens is 242 g/mol. The van der Waals surface area contributed by atoms with Gasteiger partial charge in [-0.15, -0.1) is 6.42 Å². The molecule has 1 aliphatic heterocycles. The molecule has 1 heteroatoms. The van der Waals surface area contributed by atoms with Crippen LogP contribution < -0.4 is 4.90 Å². The van der Waals surface area contributed by atoms with Gasteiger partial charge >= 0.3 is 0 Å². The van der Waals surface area contributed by atoms with Crippen molar-refractivity contribution in [2.24, 2.45) is 0 Å². The van der Waals surface area contributed by atoms with Crippen LogP contribution >= 0.6 is 0 Å². The average Bonchev–Trinajstić information content (AvgIpc) is 2.66. The summed E-state index contributed by atoms with van der Waals surface area (Å²) in [5.74, 6) is 8.09. The van der Waals surface area contributed by atoms with E-state index in [-0.39, 0.29) is 0 Å². The Bertz CT molecular complexity index is 717. The molecule has 0 unspecified atom stereocenters. The molecule has 3 rings (SSSR count). The van der Waals surface area contributed by atoms with Gasteiger partial charge in [-0.05, 0) is 35.1 Å². The summed E-state index contributed by atoms with van der Waals surface area (Å²) in [6.07, 6.45) is 9.49. The zero-order valence-electron chi connectivity index (χ0n) is 11.0. The van der Waals surface area contributed by atoms with Gasteiger partial charge in [0.05, 0.1) is 6.54 Å². The van der Waals surface area contributed by atoms with Gasteiger partial charge in [-0.3, -0.25) is 0 Å². The fraction of sp³-hybridized carbons (Fsp3) is 0.0526. The van der Waals surface area contributed by atoms with Crippen LogP contribution in [0.1, 0.15) is 11.1 Å². The molecule has 0 bridgehead atoms. The third-order valence-electron chi connectivity index (χ3n) is 3.30. The molecule has 1 aliphatic rings. The molecule has 0 N–H and O–H groups in total. The van der Waals surface area contributed by atoms with Gasteiger partial charge < -0.3 is 4.90 Å². The monoisotopic (exact) mass is 255 g/mol. The first-order chi connectivity index (χ1) is 9.90. The number of benzene rings is 2. The fourth-order valence-electron chi connectivity index (χ4n) is 2.40. The van der Waals surface area contributed by atoms with Crippen LogP contribution in [-0.2, 0) is 0 Å². The Kier molecular flexibility index (Phi) is 3.27. The van der Waals surface area contributed by atoms with Crippen molar-refractivity contribution in [2.45, 2.75) is 0 Å². The molecule has 0 saturated heterocycles. The lowest BCUT2D eigenvalue weighted by molar-refractivity contribution is 1.12. The van der Waals surface area contributed by atoms with Crippen molar-refractivity contribution in [1.82, 2.24) is 0 Å². The normalized spacial score (nSPS) is 11.4. The molecule has 0 fully saturated rings. The molecule has 94 valence electrons. The van der Waals surface area contributed by atoms with Crippen molar-refractivity contribution in [2.75, 3.05) is 11.4 Å². The van der Waals surface area contributed by atoms with Crippen LogP contribution in [0.2, 0.25) is 0 Å². The first-order valence-electron chi connectivity index (χ1n) is 6.47. The molecule has 0 saturated carbocycles. The minimum atomic E-state index is 0.583. The Labute approximate surface area is 119 Å². The summed E-state index contributed by atoms with van der Waals surface area (Å²) in [7, 11) is 0. The summed E-state index contributed by atoms with van der Waals surface area (Å²) in [6.45, 7) is 0.583. The van der Waals surface area contributed by atoms with Crippen molar-refractivity contribution in [3.63, 3.8) is 0 Å². The molecule has 2 aromatic rings. The molecule has 0 amide bonds. The van der Waals surface area contributed by atoms with Gasteiger partial charge in [0.2, 0.25) is 0 Å². The largest absolute Gasteiger partial charge is 0.329 e. The van der Waals surface area contributed by atoms with E-state index in [1.807, 2.05) is 24.3 Å². The van der Waals surface area contributed by atoms with Crippen LogP contribution in [0.3, 0.4) is 0 Å². The average molecular weight is 255 g/mol. The van der Waals surface area contributed by atoms with Crippen molar-refractivity contribution < 1.29 is 0 Å². The van der Waals surface area contributed by atoms with E-state index in [0.717, 1.165) is 11.4 Å². The highest BCUT2D eigenvalue weighted by Gasteiger charge is 2.16. The summed E-state index contributed by atoms with van der Waals surface area (Å²) >= 11 is 0. The highest BCUT2D eigenvalue weighted by atomic mass is 15.1. The molecule has 0 radical (unpaired) electrons. The van der Waals surface area contributed by atoms with Gasteiger partial charge in [0.15, 0.2) is 0 Å². The highest BCUT2D eigenvalue weighted by Crippen LogP contribution is 2.35. The third-order valence-corrected chi connectivity index (χ3v) is 3.30. The second-order valence-corrected chi connectivity index (χ2v) is 4.48. The lowest BCUT2D eigenvalue weighted by atomic mass is 10.1. The predicted octanol–water partition coefficient (Wildman–Crippen LogP) is 3.95. The Morgan fingerprint density at radius 3 is 1.95 bits per heavy atom. The number of hydrogen-bond donors (Lipinski definition) is 0. The lowest BCUT2D eigenvalue weighted by Crippen LogP contribution is -2.18. The van der Waals surface area contributed by atoms with E-state index in [1.165, 1.54) is 11.1 Å². The minimum Gasteiger partial charge on any atom is -0.329 e. The standard InChI is InChI=1S/C19H13N/c1-2-3-8-15-20-18-11-6-4-9-16(18)13-14-17-10-5-7-12-19(17)20/h1,4-7,9-14H,15H2. The summed E-state index contributed by atoms with van der Waals surface area (Å²) in [5.41, 5.74) is 4.68. The van der Waals surface area contributed by atoms with Gasteiger partial charge in [-0.1, -0.05) is 54.5 Å². The molecule has 0 aromatic heterocycles. The van der Waals surface area contributed by atoms with Gasteiger partial charge in [0, 0.05) is 11.4 Å². The smallest absolute Gasteiger partial charge is 0.0853 e. The summed E-state index contributed by atoms with van der Waals surface area (Å²) < 4.78 is 0. The molecule has 0 spiro atoms. The second-order valence-electron chi connectivity index (χ2n) is 4.48. The zero-order valence-corrected chi connectivity index (χ0v) is 11.0. The van der Waals surface area contributed by atoms with Gasteiger partial charge in [-0.2, -0.15) is 0 Å². The molecule has 2 aromatic carbocycles. The van der Waals surface area contributed by atoms with Crippen LogP contribution in [0.15, 0.2) is 48.5 Å². The molecule has 1 heterocycles. The Hall–Kier alpha value is -2.90. The topological polar surface area (TPSA) is 3.24 Å². The van der Waals surface area contributed by atoms with Crippen molar-refractivity contribution in [3.05, 3.63) is 59.7 Å². The van der Waals surface area contributed by atoms with Crippen LogP contribution in [0, 0.1) is 24.2 Å². The Balaban J connectivity index is 2.16. The number of fused-ring (bicyclic) bond motifs is 2. The number of terminal acetylenes is 1. The van der Waals surface area contributed by atoms with E-state index in [4.69, 9.17) is 6.42 Å². The van der Waals surface area contributed by atoms with E-state index in [2.05, 4.69) is 59.1 Å². The Morgan fingerprint density at radius 1 is 0.850 bits per heavy atom. The Morgan fingerprint density at radius 2 is 1.40 bits per heavy atom. The summed E-state index contributed by atoms with van der Waals surface area (Å²) in [5, 5.41) is 0. The second kappa shape index (κ2) is 5.39. The first-order valence-corrected chi connectivity index (χ1v) is 6.47. The highest BCUT2D eigenvalue weighted by molar-refractivity contribution is 5.88. The minimum absolute atomic E-state index is 0.583. The van der Waals surface area contributed by atoms with E-state index in [0.29, 0.717) is 6.54 Å². The molecule has 20 heavy (non-hydrogen) atoms. The quantitative estimate of drug-likeness (QED) is 0.697. The van der Waals surface area contributed by atoms with Gasteiger partial charge in [0.1, 0.15) is 0 Å².